The van der Waals surface area contributed by atoms with Crippen molar-refractivity contribution in [1.82, 2.24) is 5.32 Å². The van der Waals surface area contributed by atoms with Gasteiger partial charge in [0.15, 0.2) is 0 Å². The number of amides is 1. The molecule has 0 unspecified atom stereocenters. The van der Waals surface area contributed by atoms with Gasteiger partial charge in [-0.05, 0) is 52.0 Å². The monoisotopic (exact) mass is 412 g/mol. The van der Waals surface area contributed by atoms with Crippen LogP contribution in [0.15, 0.2) is 65.1 Å². The lowest BCUT2D eigenvalue weighted by Crippen LogP contribution is -2.30. The lowest BCUT2D eigenvalue weighted by molar-refractivity contribution is -0.115. The van der Waals surface area contributed by atoms with E-state index in [9.17, 15) is 4.79 Å². The van der Waals surface area contributed by atoms with Gasteiger partial charge in [0, 0.05) is 17.1 Å². The normalized spacial score (nSPS) is 12.0. The maximum atomic E-state index is 12.4. The standard InChI is InChI=1S/C21H21BrN2O2/c1-14(16-10-11-20(26-2)18(22)12-16)23-13-21(25)24-19-9-5-7-15-6-3-4-8-17(15)19/h3-12,14,23H,13H2,1-2H3,(H,24,25)/t14-/m1/s1. The number of nitrogens with one attached hydrogen (secondary N) is 2. The number of ether oxygens (including phenoxy) is 1. The molecule has 0 saturated heterocycles. The van der Waals surface area contributed by atoms with Crippen molar-refractivity contribution in [3.8, 4) is 5.75 Å². The molecule has 0 bridgehead atoms. The quantitative estimate of drug-likeness (QED) is 0.605. The van der Waals surface area contributed by atoms with Gasteiger partial charge >= 0.3 is 0 Å². The Morgan fingerprint density at radius 2 is 1.88 bits per heavy atom. The van der Waals surface area contributed by atoms with E-state index < -0.39 is 0 Å². The lowest BCUT2D eigenvalue weighted by atomic mass is 10.1. The Morgan fingerprint density at radius 3 is 2.65 bits per heavy atom. The second-order valence-corrected chi connectivity index (χ2v) is 6.93. The van der Waals surface area contributed by atoms with Crippen LogP contribution in [-0.2, 0) is 4.79 Å². The fraction of sp³-hybridized carbons (Fsp3) is 0.190. The third kappa shape index (κ3) is 4.23. The van der Waals surface area contributed by atoms with Crippen LogP contribution in [0.25, 0.3) is 10.8 Å². The van der Waals surface area contributed by atoms with E-state index >= 15 is 0 Å². The second-order valence-electron chi connectivity index (χ2n) is 6.07. The maximum Gasteiger partial charge on any atom is 0.238 e. The summed E-state index contributed by atoms with van der Waals surface area (Å²) in [5.74, 6) is 0.718. The second kappa shape index (κ2) is 8.34. The molecule has 3 aromatic carbocycles. The highest BCUT2D eigenvalue weighted by Gasteiger charge is 2.11. The van der Waals surface area contributed by atoms with Crippen molar-refractivity contribution in [3.63, 3.8) is 0 Å². The van der Waals surface area contributed by atoms with Crippen LogP contribution >= 0.6 is 15.9 Å². The summed E-state index contributed by atoms with van der Waals surface area (Å²) in [6.07, 6.45) is 0. The SMILES string of the molecule is COc1ccc([C@@H](C)NCC(=O)Nc2cccc3ccccc23)cc1Br. The molecular weight excluding hydrogens is 392 g/mol. The summed E-state index contributed by atoms with van der Waals surface area (Å²) >= 11 is 3.49. The van der Waals surface area contributed by atoms with Crippen molar-refractivity contribution in [2.24, 2.45) is 0 Å². The summed E-state index contributed by atoms with van der Waals surface area (Å²) in [6.45, 7) is 2.26. The molecule has 0 aliphatic rings. The Bertz CT molecular complexity index is 922. The van der Waals surface area contributed by atoms with Crippen LogP contribution in [0.3, 0.4) is 0 Å². The molecule has 3 rings (SSSR count). The van der Waals surface area contributed by atoms with Crippen LogP contribution < -0.4 is 15.4 Å². The minimum atomic E-state index is -0.0687. The molecule has 5 heteroatoms. The number of halogens is 1. The van der Waals surface area contributed by atoms with Gasteiger partial charge in [-0.25, -0.2) is 0 Å². The van der Waals surface area contributed by atoms with E-state index in [2.05, 4.69) is 26.6 Å². The predicted molar refractivity (Wildman–Crippen MR) is 110 cm³/mol. The first-order valence-electron chi connectivity index (χ1n) is 8.43. The van der Waals surface area contributed by atoms with E-state index in [0.29, 0.717) is 0 Å². The topological polar surface area (TPSA) is 50.4 Å². The van der Waals surface area contributed by atoms with E-state index in [1.54, 1.807) is 7.11 Å². The molecule has 0 saturated carbocycles. The average molecular weight is 413 g/mol. The third-order valence-corrected chi connectivity index (χ3v) is 4.93. The van der Waals surface area contributed by atoms with Crippen molar-refractivity contribution in [1.29, 1.82) is 0 Å². The Balaban J connectivity index is 1.62. The summed E-state index contributed by atoms with van der Waals surface area (Å²) in [5.41, 5.74) is 1.91. The zero-order chi connectivity index (χ0) is 18.5. The van der Waals surface area contributed by atoms with Gasteiger partial charge in [0.2, 0.25) is 5.91 Å². The summed E-state index contributed by atoms with van der Waals surface area (Å²) in [6, 6.07) is 19.8. The van der Waals surface area contributed by atoms with E-state index in [0.717, 1.165) is 32.2 Å². The third-order valence-electron chi connectivity index (χ3n) is 4.31. The van der Waals surface area contributed by atoms with Gasteiger partial charge in [-0.2, -0.15) is 0 Å². The molecule has 0 aliphatic carbocycles. The number of anilines is 1. The van der Waals surface area contributed by atoms with Crippen molar-refractivity contribution >= 4 is 38.3 Å². The Labute approximate surface area is 161 Å². The van der Waals surface area contributed by atoms with Crippen LogP contribution in [0.4, 0.5) is 5.69 Å². The molecule has 0 radical (unpaired) electrons. The highest BCUT2D eigenvalue weighted by Crippen LogP contribution is 2.28. The molecule has 0 aliphatic heterocycles. The summed E-state index contributed by atoms with van der Waals surface area (Å²) < 4.78 is 6.14. The lowest BCUT2D eigenvalue weighted by Gasteiger charge is -2.16. The maximum absolute atomic E-state index is 12.4. The molecule has 3 aromatic rings. The van der Waals surface area contributed by atoms with Crippen LogP contribution in [0.1, 0.15) is 18.5 Å². The molecule has 134 valence electrons. The average Bonchev–Trinajstić information content (AvgIpc) is 2.66. The molecule has 1 atom stereocenters. The van der Waals surface area contributed by atoms with Crippen molar-refractivity contribution < 1.29 is 9.53 Å². The van der Waals surface area contributed by atoms with Crippen LogP contribution in [-0.4, -0.2) is 19.6 Å². The zero-order valence-corrected chi connectivity index (χ0v) is 16.3. The number of carbonyl (C=O) groups is 1. The number of rotatable bonds is 6. The Hall–Kier alpha value is -2.37. The summed E-state index contributed by atoms with van der Waals surface area (Å²) in [4.78, 5) is 12.4. The largest absolute Gasteiger partial charge is 0.496 e. The van der Waals surface area contributed by atoms with Crippen molar-refractivity contribution in [3.05, 3.63) is 70.7 Å². The van der Waals surface area contributed by atoms with E-state index in [1.807, 2.05) is 67.6 Å². The molecule has 0 fully saturated rings. The summed E-state index contributed by atoms with van der Waals surface area (Å²) in [7, 11) is 1.64. The summed E-state index contributed by atoms with van der Waals surface area (Å²) in [5, 5.41) is 8.39. The van der Waals surface area contributed by atoms with Gasteiger partial charge in [0.25, 0.3) is 0 Å². The van der Waals surface area contributed by atoms with Gasteiger partial charge < -0.3 is 15.4 Å². The van der Waals surface area contributed by atoms with Crippen molar-refractivity contribution in [2.45, 2.75) is 13.0 Å². The van der Waals surface area contributed by atoms with E-state index in [4.69, 9.17) is 4.74 Å². The van der Waals surface area contributed by atoms with E-state index in [1.165, 1.54) is 0 Å². The van der Waals surface area contributed by atoms with Gasteiger partial charge in [-0.1, -0.05) is 42.5 Å². The van der Waals surface area contributed by atoms with Crippen LogP contribution in [0.2, 0.25) is 0 Å². The molecular formula is C21H21BrN2O2. The molecule has 0 spiro atoms. The molecule has 1 amide bonds. The number of fused-ring (bicyclic) bond motifs is 1. The minimum Gasteiger partial charge on any atom is -0.496 e. The molecule has 4 nitrogen and oxygen atoms in total. The zero-order valence-electron chi connectivity index (χ0n) is 14.8. The minimum absolute atomic E-state index is 0.0375. The highest BCUT2D eigenvalue weighted by molar-refractivity contribution is 9.10. The van der Waals surface area contributed by atoms with Crippen LogP contribution in [0.5, 0.6) is 5.75 Å². The first-order valence-corrected chi connectivity index (χ1v) is 9.22. The highest BCUT2D eigenvalue weighted by atomic mass is 79.9. The number of benzene rings is 3. The van der Waals surface area contributed by atoms with Crippen molar-refractivity contribution in [2.75, 3.05) is 19.0 Å². The number of hydrogen-bond acceptors (Lipinski definition) is 3. The van der Waals surface area contributed by atoms with Crippen LogP contribution in [0, 0.1) is 0 Å². The fourth-order valence-corrected chi connectivity index (χ4v) is 3.40. The van der Waals surface area contributed by atoms with Gasteiger partial charge in [0.05, 0.1) is 18.1 Å². The van der Waals surface area contributed by atoms with E-state index in [-0.39, 0.29) is 18.5 Å². The Morgan fingerprint density at radius 1 is 1.12 bits per heavy atom. The smallest absolute Gasteiger partial charge is 0.238 e. The first kappa shape index (κ1) is 18.4. The molecule has 26 heavy (non-hydrogen) atoms. The number of carbonyl (C=O) groups excluding carboxylic acids is 1. The fourth-order valence-electron chi connectivity index (χ4n) is 2.84. The van der Waals surface area contributed by atoms with Gasteiger partial charge in [-0.15, -0.1) is 0 Å². The number of methoxy groups -OCH3 is 1. The molecule has 0 aromatic heterocycles. The van der Waals surface area contributed by atoms with Gasteiger partial charge in [0.1, 0.15) is 5.75 Å². The van der Waals surface area contributed by atoms with Gasteiger partial charge in [-0.3, -0.25) is 4.79 Å². The first-order chi connectivity index (χ1) is 12.6. The number of hydrogen-bond donors (Lipinski definition) is 2. The molecule has 0 heterocycles. The molecule has 2 N–H and O–H groups in total. The Kier molecular flexibility index (Phi) is 5.91. The predicted octanol–water partition coefficient (Wildman–Crippen LogP) is 4.90.